The second-order valence-electron chi connectivity index (χ2n) is 11.7. The fourth-order valence-corrected chi connectivity index (χ4v) is 4.59. The van der Waals surface area contributed by atoms with Crippen molar-refractivity contribution < 1.29 is 9.53 Å². The van der Waals surface area contributed by atoms with E-state index in [1.807, 2.05) is 59.0 Å². The van der Waals surface area contributed by atoms with Crippen molar-refractivity contribution in [2.45, 2.75) is 79.4 Å². The van der Waals surface area contributed by atoms with Crippen LogP contribution in [0.15, 0.2) is 53.5 Å². The number of aryl methyl sites for hydroxylation is 1. The third-order valence-electron chi connectivity index (χ3n) is 6.61. The van der Waals surface area contributed by atoms with E-state index in [0.29, 0.717) is 16.9 Å². The highest BCUT2D eigenvalue weighted by Gasteiger charge is 2.24. The first-order chi connectivity index (χ1) is 16.8. The number of fused-ring (bicyclic) bond motifs is 1. The van der Waals surface area contributed by atoms with E-state index in [0.717, 1.165) is 41.7 Å². The SMILES string of the molecule is Cc1cc(C(C)Nc2ccccc2C(=O)OC(C)(C)C)c2nc(C3=CCC(C)(C)CC3)cc(=O)n2c1. The molecule has 36 heavy (non-hydrogen) atoms. The summed E-state index contributed by atoms with van der Waals surface area (Å²) in [4.78, 5) is 31.0. The van der Waals surface area contributed by atoms with Crippen LogP contribution in [0, 0.1) is 12.3 Å². The maximum atomic E-state index is 13.1. The Labute approximate surface area is 213 Å². The molecule has 0 fully saturated rings. The predicted octanol–water partition coefficient (Wildman–Crippen LogP) is 6.72. The Morgan fingerprint density at radius 1 is 1.19 bits per heavy atom. The second kappa shape index (κ2) is 9.57. The van der Waals surface area contributed by atoms with Crippen LogP contribution in [-0.2, 0) is 4.74 Å². The monoisotopic (exact) mass is 487 g/mol. The number of benzene rings is 1. The van der Waals surface area contributed by atoms with E-state index < -0.39 is 5.60 Å². The minimum atomic E-state index is -0.590. The molecule has 1 aliphatic rings. The molecule has 1 atom stereocenters. The van der Waals surface area contributed by atoms with Crippen LogP contribution in [0.3, 0.4) is 0 Å². The Balaban J connectivity index is 1.74. The Hall–Kier alpha value is -3.41. The predicted molar refractivity (Wildman–Crippen MR) is 145 cm³/mol. The summed E-state index contributed by atoms with van der Waals surface area (Å²) in [6, 6.07) is 10.8. The Morgan fingerprint density at radius 3 is 2.58 bits per heavy atom. The van der Waals surface area contributed by atoms with E-state index in [1.165, 1.54) is 0 Å². The summed E-state index contributed by atoms with van der Waals surface area (Å²) in [5, 5.41) is 3.47. The van der Waals surface area contributed by atoms with Crippen LogP contribution in [0.4, 0.5) is 5.69 Å². The zero-order chi connectivity index (χ0) is 26.3. The molecular formula is C30H37N3O3. The van der Waals surface area contributed by atoms with Gasteiger partial charge in [-0.1, -0.05) is 32.1 Å². The lowest BCUT2D eigenvalue weighted by Gasteiger charge is -2.28. The second-order valence-corrected chi connectivity index (χ2v) is 11.7. The van der Waals surface area contributed by atoms with Gasteiger partial charge in [-0.15, -0.1) is 0 Å². The number of carbonyl (C=O) groups excluding carboxylic acids is 1. The lowest BCUT2D eigenvalue weighted by atomic mass is 9.78. The standard InChI is InChI=1S/C30H37N3O3/c1-19-16-23(20(2)31-24-11-9-8-10-22(24)28(35)36-29(3,4)5)27-32-25(17-26(34)33(27)18-19)21-12-14-30(6,7)15-13-21/h8-12,16-18,20,31H,13-15H2,1-7H3. The maximum absolute atomic E-state index is 13.1. The Kier molecular flexibility index (Phi) is 6.82. The summed E-state index contributed by atoms with van der Waals surface area (Å²) in [6.07, 6.45) is 7.02. The van der Waals surface area contributed by atoms with Crippen molar-refractivity contribution in [1.29, 1.82) is 0 Å². The average Bonchev–Trinajstić information content (AvgIpc) is 2.78. The topological polar surface area (TPSA) is 72.7 Å². The smallest absolute Gasteiger partial charge is 0.340 e. The van der Waals surface area contributed by atoms with Gasteiger partial charge in [0.15, 0.2) is 0 Å². The quantitative estimate of drug-likeness (QED) is 0.404. The highest BCUT2D eigenvalue weighted by molar-refractivity contribution is 5.96. The highest BCUT2D eigenvalue weighted by Crippen LogP contribution is 2.37. The Morgan fingerprint density at radius 2 is 1.92 bits per heavy atom. The molecule has 1 unspecified atom stereocenters. The van der Waals surface area contributed by atoms with Gasteiger partial charge in [0.1, 0.15) is 11.2 Å². The van der Waals surface area contributed by atoms with Crippen LogP contribution in [0.5, 0.6) is 0 Å². The lowest BCUT2D eigenvalue weighted by Crippen LogP contribution is -2.25. The number of nitrogens with one attached hydrogen (secondary N) is 1. The first-order valence-electron chi connectivity index (χ1n) is 12.7. The molecule has 0 saturated heterocycles. The lowest BCUT2D eigenvalue weighted by molar-refractivity contribution is 0.00706. The van der Waals surface area contributed by atoms with Crippen molar-refractivity contribution in [3.05, 3.63) is 81.4 Å². The largest absolute Gasteiger partial charge is 0.456 e. The molecule has 6 heteroatoms. The van der Waals surface area contributed by atoms with Crippen molar-refractivity contribution in [3.63, 3.8) is 0 Å². The number of aromatic nitrogens is 2. The van der Waals surface area contributed by atoms with Gasteiger partial charge in [-0.05, 0) is 88.6 Å². The van der Waals surface area contributed by atoms with Crippen molar-refractivity contribution in [2.75, 3.05) is 5.32 Å². The van der Waals surface area contributed by atoms with E-state index in [-0.39, 0.29) is 23.0 Å². The number of esters is 1. The van der Waals surface area contributed by atoms with Gasteiger partial charge in [0, 0.05) is 23.5 Å². The summed E-state index contributed by atoms with van der Waals surface area (Å²) < 4.78 is 7.24. The van der Waals surface area contributed by atoms with Crippen molar-refractivity contribution in [2.24, 2.45) is 5.41 Å². The molecule has 4 rings (SSSR count). The van der Waals surface area contributed by atoms with E-state index in [2.05, 4.69) is 31.3 Å². The minimum absolute atomic E-state index is 0.0907. The average molecular weight is 488 g/mol. The summed E-state index contributed by atoms with van der Waals surface area (Å²) in [5.74, 6) is -0.379. The molecule has 1 aromatic carbocycles. The van der Waals surface area contributed by atoms with E-state index in [1.54, 1.807) is 16.5 Å². The van der Waals surface area contributed by atoms with E-state index in [4.69, 9.17) is 9.72 Å². The summed E-state index contributed by atoms with van der Waals surface area (Å²) in [5.41, 5.74) is 5.11. The van der Waals surface area contributed by atoms with Gasteiger partial charge < -0.3 is 10.1 Å². The zero-order valence-corrected chi connectivity index (χ0v) is 22.4. The first-order valence-corrected chi connectivity index (χ1v) is 12.7. The molecule has 6 nitrogen and oxygen atoms in total. The normalized spacial score (nSPS) is 16.4. The molecule has 1 aliphatic carbocycles. The molecule has 3 aromatic rings. The number of para-hydroxylation sites is 1. The third-order valence-corrected chi connectivity index (χ3v) is 6.61. The number of ether oxygens (including phenoxy) is 1. The molecular weight excluding hydrogens is 450 g/mol. The minimum Gasteiger partial charge on any atom is -0.456 e. The number of anilines is 1. The van der Waals surface area contributed by atoms with Gasteiger partial charge in [0.05, 0.1) is 17.3 Å². The molecule has 0 radical (unpaired) electrons. The number of hydrogen-bond acceptors (Lipinski definition) is 5. The van der Waals surface area contributed by atoms with Crippen LogP contribution >= 0.6 is 0 Å². The van der Waals surface area contributed by atoms with Crippen LogP contribution in [0.2, 0.25) is 0 Å². The Bertz CT molecular complexity index is 1390. The molecule has 0 amide bonds. The number of pyridine rings is 1. The van der Waals surface area contributed by atoms with Gasteiger partial charge in [-0.25, -0.2) is 9.78 Å². The van der Waals surface area contributed by atoms with Gasteiger partial charge in [0.2, 0.25) is 0 Å². The van der Waals surface area contributed by atoms with Crippen molar-refractivity contribution in [3.8, 4) is 0 Å². The van der Waals surface area contributed by atoms with Crippen molar-refractivity contribution in [1.82, 2.24) is 9.38 Å². The fourth-order valence-electron chi connectivity index (χ4n) is 4.59. The van der Waals surface area contributed by atoms with Crippen molar-refractivity contribution >= 4 is 22.9 Å². The first kappa shape index (κ1) is 25.7. The van der Waals surface area contributed by atoms with Crippen LogP contribution in [0.25, 0.3) is 11.2 Å². The van der Waals surface area contributed by atoms with Gasteiger partial charge in [-0.3, -0.25) is 9.20 Å². The van der Waals surface area contributed by atoms with Gasteiger partial charge in [0.25, 0.3) is 5.56 Å². The molecule has 0 bridgehead atoms. The molecule has 0 aliphatic heterocycles. The highest BCUT2D eigenvalue weighted by atomic mass is 16.6. The van der Waals surface area contributed by atoms with Crippen LogP contribution in [-0.4, -0.2) is 21.0 Å². The number of carbonyl (C=O) groups is 1. The third kappa shape index (κ3) is 5.69. The molecule has 2 aromatic heterocycles. The summed E-state index contributed by atoms with van der Waals surface area (Å²) in [6.45, 7) is 14.1. The van der Waals surface area contributed by atoms with E-state index in [9.17, 15) is 9.59 Å². The number of rotatable bonds is 5. The van der Waals surface area contributed by atoms with Crippen LogP contribution in [0.1, 0.15) is 94.0 Å². The maximum Gasteiger partial charge on any atom is 0.340 e. The van der Waals surface area contributed by atoms with Gasteiger partial charge in [-0.2, -0.15) is 0 Å². The molecule has 190 valence electrons. The fraction of sp³-hybridized carbons (Fsp3) is 0.433. The number of hydrogen-bond donors (Lipinski definition) is 1. The summed E-state index contributed by atoms with van der Waals surface area (Å²) >= 11 is 0. The summed E-state index contributed by atoms with van der Waals surface area (Å²) in [7, 11) is 0. The van der Waals surface area contributed by atoms with Gasteiger partial charge >= 0.3 is 5.97 Å². The molecule has 1 N–H and O–H groups in total. The van der Waals surface area contributed by atoms with Crippen LogP contribution < -0.4 is 10.9 Å². The number of allylic oxidation sites excluding steroid dienone is 2. The molecule has 2 heterocycles. The van der Waals surface area contributed by atoms with E-state index >= 15 is 0 Å². The molecule has 0 spiro atoms. The zero-order valence-electron chi connectivity index (χ0n) is 22.4. The number of nitrogens with zero attached hydrogens (tertiary/aromatic N) is 2. The molecule has 0 saturated carbocycles.